The second-order valence-corrected chi connectivity index (χ2v) is 8.81. The maximum Gasteiger partial charge on any atom is 0.243 e. The minimum Gasteiger partial charge on any atom is -0.457 e. The van der Waals surface area contributed by atoms with Gasteiger partial charge >= 0.3 is 0 Å². The number of hydrogen-bond acceptors (Lipinski definition) is 4. The van der Waals surface area contributed by atoms with Crippen LogP contribution in [0.2, 0.25) is 0 Å². The van der Waals surface area contributed by atoms with Crippen molar-refractivity contribution < 1.29 is 17.9 Å². The number of benzene rings is 3. The Morgan fingerprint density at radius 2 is 1.57 bits per heavy atom. The molecule has 1 aliphatic rings. The fourth-order valence-corrected chi connectivity index (χ4v) is 5.12. The lowest BCUT2D eigenvalue weighted by molar-refractivity contribution is -0.115. The number of carbonyl (C=O) groups excluding carboxylic acids is 1. The number of sulfone groups is 1. The maximum absolute atomic E-state index is 12.7. The third-order valence-electron chi connectivity index (χ3n) is 4.59. The molecule has 0 radical (unpaired) electrons. The van der Waals surface area contributed by atoms with Gasteiger partial charge in [0.2, 0.25) is 5.91 Å². The van der Waals surface area contributed by atoms with E-state index in [1.165, 1.54) is 4.90 Å². The first-order chi connectivity index (χ1) is 13.4. The number of para-hydroxylation sites is 1. The lowest BCUT2D eigenvalue weighted by Crippen LogP contribution is -2.29. The summed E-state index contributed by atoms with van der Waals surface area (Å²) in [5, 5.41) is -1.03. The minimum atomic E-state index is -3.64. The highest BCUT2D eigenvalue weighted by molar-refractivity contribution is 7.93. The molecular formula is C22H19NO4S. The van der Waals surface area contributed by atoms with Crippen LogP contribution in [0.4, 0.5) is 5.69 Å². The summed E-state index contributed by atoms with van der Waals surface area (Å²) in [6.07, 6.45) is 0. The van der Waals surface area contributed by atoms with Gasteiger partial charge in [-0.3, -0.25) is 9.69 Å². The number of amides is 1. The van der Waals surface area contributed by atoms with Gasteiger partial charge in [0.1, 0.15) is 17.3 Å². The Morgan fingerprint density at radius 3 is 2.25 bits per heavy atom. The van der Waals surface area contributed by atoms with E-state index < -0.39 is 26.9 Å². The van der Waals surface area contributed by atoms with E-state index in [0.717, 1.165) is 5.56 Å². The summed E-state index contributed by atoms with van der Waals surface area (Å²) in [4.78, 5) is 13.9. The smallest absolute Gasteiger partial charge is 0.243 e. The summed E-state index contributed by atoms with van der Waals surface area (Å²) < 4.78 is 31.2. The lowest BCUT2D eigenvalue weighted by Gasteiger charge is -2.24. The van der Waals surface area contributed by atoms with Gasteiger partial charge in [0.15, 0.2) is 15.2 Å². The van der Waals surface area contributed by atoms with E-state index in [-0.39, 0.29) is 0 Å². The van der Waals surface area contributed by atoms with E-state index in [1.807, 2.05) is 55.5 Å². The maximum atomic E-state index is 12.7. The lowest BCUT2D eigenvalue weighted by atomic mass is 10.1. The minimum absolute atomic E-state index is 0.416. The molecule has 5 nitrogen and oxygen atoms in total. The molecule has 0 N–H and O–H groups in total. The molecule has 142 valence electrons. The molecule has 28 heavy (non-hydrogen) atoms. The van der Waals surface area contributed by atoms with Crippen molar-refractivity contribution in [3.05, 3.63) is 90.0 Å². The number of hydrogen-bond donors (Lipinski definition) is 0. The largest absolute Gasteiger partial charge is 0.457 e. The predicted molar refractivity (Wildman–Crippen MR) is 108 cm³/mol. The molecule has 1 heterocycles. The Morgan fingerprint density at radius 1 is 0.893 bits per heavy atom. The van der Waals surface area contributed by atoms with Gasteiger partial charge < -0.3 is 4.74 Å². The van der Waals surface area contributed by atoms with E-state index in [2.05, 4.69) is 0 Å². The topological polar surface area (TPSA) is 63.7 Å². The number of aryl methyl sites for hydroxylation is 1. The van der Waals surface area contributed by atoms with Gasteiger partial charge in [0, 0.05) is 5.69 Å². The van der Waals surface area contributed by atoms with Crippen LogP contribution in [0.15, 0.2) is 78.9 Å². The van der Waals surface area contributed by atoms with Gasteiger partial charge in [-0.15, -0.1) is 0 Å². The Labute approximate surface area is 164 Å². The van der Waals surface area contributed by atoms with Crippen molar-refractivity contribution in [2.45, 2.75) is 12.3 Å². The molecular weight excluding hydrogens is 374 g/mol. The third kappa shape index (κ3) is 3.51. The van der Waals surface area contributed by atoms with E-state index in [9.17, 15) is 13.2 Å². The second-order valence-electron chi connectivity index (χ2n) is 6.75. The Kier molecular flexibility index (Phi) is 4.65. The Bertz CT molecular complexity index is 1110. The highest BCUT2D eigenvalue weighted by atomic mass is 32.2. The average molecular weight is 393 g/mol. The van der Waals surface area contributed by atoms with Crippen LogP contribution in [0.3, 0.4) is 0 Å². The number of anilines is 1. The van der Waals surface area contributed by atoms with Crippen LogP contribution in [0.5, 0.6) is 11.5 Å². The SMILES string of the molecule is Cc1cccc(N2C(=O)CS(=O)(=O)C2c2ccc(Oc3ccccc3)cc2)c1. The van der Waals surface area contributed by atoms with Crippen molar-refractivity contribution in [3.8, 4) is 11.5 Å². The fraction of sp³-hybridized carbons (Fsp3) is 0.136. The monoisotopic (exact) mass is 393 g/mol. The molecule has 1 amide bonds. The molecule has 1 atom stereocenters. The normalized spacial score (nSPS) is 18.2. The summed E-state index contributed by atoms with van der Waals surface area (Å²) in [5.41, 5.74) is 2.08. The number of rotatable bonds is 4. The summed E-state index contributed by atoms with van der Waals surface area (Å²) in [7, 11) is -3.64. The summed E-state index contributed by atoms with van der Waals surface area (Å²) >= 11 is 0. The highest BCUT2D eigenvalue weighted by Gasteiger charge is 2.45. The van der Waals surface area contributed by atoms with Crippen LogP contribution in [0, 0.1) is 6.92 Å². The molecule has 4 rings (SSSR count). The van der Waals surface area contributed by atoms with Gasteiger partial charge in [-0.1, -0.05) is 42.5 Å². The van der Waals surface area contributed by atoms with Crippen LogP contribution < -0.4 is 9.64 Å². The van der Waals surface area contributed by atoms with Crippen LogP contribution in [-0.2, 0) is 14.6 Å². The quantitative estimate of drug-likeness (QED) is 0.665. The molecule has 3 aromatic rings. The first kappa shape index (κ1) is 18.3. The number of carbonyl (C=O) groups is 1. The van der Waals surface area contributed by atoms with Crippen molar-refractivity contribution >= 4 is 21.4 Å². The molecule has 1 fully saturated rings. The first-order valence-electron chi connectivity index (χ1n) is 8.87. The Balaban J connectivity index is 1.68. The molecule has 1 saturated heterocycles. The van der Waals surface area contributed by atoms with Gasteiger partial charge in [-0.2, -0.15) is 0 Å². The fourth-order valence-electron chi connectivity index (χ4n) is 3.35. The van der Waals surface area contributed by atoms with Crippen molar-refractivity contribution in [1.29, 1.82) is 0 Å². The predicted octanol–water partition coefficient (Wildman–Crippen LogP) is 4.25. The zero-order valence-electron chi connectivity index (χ0n) is 15.3. The summed E-state index contributed by atoms with van der Waals surface area (Å²) in [5.74, 6) is 0.382. The molecule has 0 spiro atoms. The van der Waals surface area contributed by atoms with E-state index >= 15 is 0 Å². The number of nitrogens with zero attached hydrogens (tertiary/aromatic N) is 1. The molecule has 0 aliphatic carbocycles. The standard InChI is InChI=1S/C22H19NO4S/c1-16-6-5-7-18(14-16)23-21(24)15-28(25,26)22(23)17-10-12-20(13-11-17)27-19-8-3-2-4-9-19/h2-14,22H,15H2,1H3. The van der Waals surface area contributed by atoms with Gasteiger partial charge in [-0.05, 0) is 54.4 Å². The molecule has 1 aliphatic heterocycles. The van der Waals surface area contributed by atoms with Gasteiger partial charge in [-0.25, -0.2) is 8.42 Å². The number of ether oxygens (including phenoxy) is 1. The van der Waals surface area contributed by atoms with E-state index in [4.69, 9.17) is 4.74 Å². The van der Waals surface area contributed by atoms with E-state index in [1.54, 1.807) is 30.3 Å². The Hall–Kier alpha value is -3.12. The second kappa shape index (κ2) is 7.13. The molecule has 0 bridgehead atoms. The average Bonchev–Trinajstić information content (AvgIpc) is 2.91. The van der Waals surface area contributed by atoms with Crippen molar-refractivity contribution in [2.75, 3.05) is 10.7 Å². The van der Waals surface area contributed by atoms with Crippen LogP contribution in [-0.4, -0.2) is 20.1 Å². The zero-order chi connectivity index (χ0) is 19.7. The molecule has 1 unspecified atom stereocenters. The zero-order valence-corrected chi connectivity index (χ0v) is 16.1. The third-order valence-corrected chi connectivity index (χ3v) is 6.40. The van der Waals surface area contributed by atoms with Gasteiger partial charge in [0.05, 0.1) is 0 Å². The molecule has 3 aromatic carbocycles. The summed E-state index contributed by atoms with van der Waals surface area (Å²) in [6.45, 7) is 1.91. The van der Waals surface area contributed by atoms with Crippen molar-refractivity contribution in [3.63, 3.8) is 0 Å². The van der Waals surface area contributed by atoms with Crippen molar-refractivity contribution in [2.24, 2.45) is 0 Å². The van der Waals surface area contributed by atoms with Crippen LogP contribution >= 0.6 is 0 Å². The summed E-state index contributed by atoms with van der Waals surface area (Å²) in [6, 6.07) is 23.5. The first-order valence-corrected chi connectivity index (χ1v) is 10.6. The van der Waals surface area contributed by atoms with Crippen LogP contribution in [0.25, 0.3) is 0 Å². The van der Waals surface area contributed by atoms with Crippen LogP contribution in [0.1, 0.15) is 16.5 Å². The molecule has 6 heteroatoms. The highest BCUT2D eigenvalue weighted by Crippen LogP contribution is 2.38. The van der Waals surface area contributed by atoms with Gasteiger partial charge in [0.25, 0.3) is 0 Å². The van der Waals surface area contributed by atoms with Crippen molar-refractivity contribution in [1.82, 2.24) is 0 Å². The molecule has 0 aromatic heterocycles. The molecule has 0 saturated carbocycles. The van der Waals surface area contributed by atoms with E-state index in [0.29, 0.717) is 22.7 Å².